The van der Waals surface area contributed by atoms with E-state index in [1.165, 1.54) is 12.1 Å². The molecule has 8 heteroatoms. The zero-order chi connectivity index (χ0) is 22.4. The van der Waals surface area contributed by atoms with Crippen LogP contribution in [0, 0.1) is 0 Å². The van der Waals surface area contributed by atoms with Crippen LogP contribution in [-0.4, -0.2) is 73.2 Å². The van der Waals surface area contributed by atoms with Gasteiger partial charge in [0, 0.05) is 37.8 Å². The number of aromatic hydroxyl groups is 1. The van der Waals surface area contributed by atoms with Crippen LogP contribution in [0.25, 0.3) is 0 Å². The first-order chi connectivity index (χ1) is 14.9. The van der Waals surface area contributed by atoms with Crippen molar-refractivity contribution >= 4 is 11.8 Å². The molecule has 1 N–H and O–H groups in total. The number of ether oxygens (including phenoxy) is 3. The van der Waals surface area contributed by atoms with Gasteiger partial charge in [0.2, 0.25) is 0 Å². The highest BCUT2D eigenvalue weighted by atomic mass is 16.5. The summed E-state index contributed by atoms with van der Waals surface area (Å²) < 4.78 is 16.2. The van der Waals surface area contributed by atoms with Crippen LogP contribution in [0.3, 0.4) is 0 Å². The minimum atomic E-state index is -0.672. The molecule has 1 aliphatic rings. The highest BCUT2D eigenvalue weighted by Crippen LogP contribution is 2.24. The Kier molecular flexibility index (Phi) is 7.23. The molecule has 2 aromatic carbocycles. The van der Waals surface area contributed by atoms with Crippen molar-refractivity contribution in [3.63, 3.8) is 0 Å². The Morgan fingerprint density at radius 2 is 1.45 bits per heavy atom. The molecule has 2 amide bonds. The van der Waals surface area contributed by atoms with Crippen LogP contribution >= 0.6 is 0 Å². The molecule has 0 aliphatic carbocycles. The number of hydrogen-bond acceptors (Lipinski definition) is 6. The maximum atomic E-state index is 13.0. The Bertz CT molecular complexity index is 893. The number of nitrogens with zero attached hydrogens (tertiary/aromatic N) is 2. The fourth-order valence-electron chi connectivity index (χ4n) is 3.49. The molecule has 0 bridgehead atoms. The summed E-state index contributed by atoms with van der Waals surface area (Å²) in [5.41, 5.74) is 0.486. The van der Waals surface area contributed by atoms with E-state index in [2.05, 4.69) is 0 Å². The van der Waals surface area contributed by atoms with E-state index in [9.17, 15) is 14.7 Å². The number of benzene rings is 2. The van der Waals surface area contributed by atoms with Crippen LogP contribution in [0.1, 0.15) is 23.7 Å². The first-order valence-corrected chi connectivity index (χ1v) is 10.2. The lowest BCUT2D eigenvalue weighted by Crippen LogP contribution is -2.43. The summed E-state index contributed by atoms with van der Waals surface area (Å²) in [7, 11) is 3.08. The summed E-state index contributed by atoms with van der Waals surface area (Å²) in [5.74, 6) is 1.49. The monoisotopic (exact) mass is 428 g/mol. The number of phenols is 1. The topological polar surface area (TPSA) is 88.5 Å². The number of phenolic OH excluding ortho intramolecular Hbond substituents is 1. The predicted octanol–water partition coefficient (Wildman–Crippen LogP) is 2.55. The molecule has 3 rings (SSSR count). The van der Waals surface area contributed by atoms with E-state index in [4.69, 9.17) is 14.2 Å². The molecule has 0 aromatic heterocycles. The summed E-state index contributed by atoms with van der Waals surface area (Å²) >= 11 is 0. The minimum absolute atomic E-state index is 0.125. The lowest BCUT2D eigenvalue weighted by atomic mass is 10.1. The van der Waals surface area contributed by atoms with Gasteiger partial charge in [0.05, 0.1) is 14.2 Å². The van der Waals surface area contributed by atoms with Crippen LogP contribution in [0.4, 0.5) is 0 Å². The van der Waals surface area contributed by atoms with Gasteiger partial charge in [-0.25, -0.2) is 0 Å². The fraction of sp³-hybridized carbons (Fsp3) is 0.391. The predicted molar refractivity (Wildman–Crippen MR) is 115 cm³/mol. The maximum absolute atomic E-state index is 13.0. The Hall–Kier alpha value is -3.42. The molecule has 166 valence electrons. The third-order valence-electron chi connectivity index (χ3n) is 5.19. The fourth-order valence-corrected chi connectivity index (χ4v) is 3.49. The Morgan fingerprint density at radius 3 is 2.06 bits per heavy atom. The van der Waals surface area contributed by atoms with Crippen molar-refractivity contribution in [2.45, 2.75) is 19.4 Å². The third kappa shape index (κ3) is 5.59. The Labute approximate surface area is 181 Å². The van der Waals surface area contributed by atoms with Crippen LogP contribution < -0.4 is 14.2 Å². The van der Waals surface area contributed by atoms with Crippen LogP contribution in [-0.2, 0) is 4.79 Å². The summed E-state index contributed by atoms with van der Waals surface area (Å²) in [4.78, 5) is 29.4. The van der Waals surface area contributed by atoms with Crippen LogP contribution in [0.5, 0.6) is 23.0 Å². The van der Waals surface area contributed by atoms with Gasteiger partial charge in [0.25, 0.3) is 11.8 Å². The van der Waals surface area contributed by atoms with Crippen molar-refractivity contribution < 1.29 is 28.9 Å². The number of rotatable bonds is 6. The van der Waals surface area contributed by atoms with Crippen molar-refractivity contribution in [3.8, 4) is 23.0 Å². The van der Waals surface area contributed by atoms with Crippen LogP contribution in [0.2, 0.25) is 0 Å². The van der Waals surface area contributed by atoms with E-state index in [1.54, 1.807) is 61.3 Å². The zero-order valence-electron chi connectivity index (χ0n) is 18.0. The van der Waals surface area contributed by atoms with Gasteiger partial charge < -0.3 is 29.1 Å². The molecule has 1 aliphatic heterocycles. The minimum Gasteiger partial charge on any atom is -0.508 e. The van der Waals surface area contributed by atoms with Gasteiger partial charge >= 0.3 is 0 Å². The zero-order valence-corrected chi connectivity index (χ0v) is 18.0. The molecule has 0 saturated carbocycles. The van der Waals surface area contributed by atoms with Crippen molar-refractivity contribution in [1.82, 2.24) is 9.80 Å². The number of carbonyl (C=O) groups is 2. The largest absolute Gasteiger partial charge is 0.508 e. The second-order valence-corrected chi connectivity index (χ2v) is 7.33. The van der Waals surface area contributed by atoms with E-state index < -0.39 is 6.10 Å². The molecular formula is C23H28N2O6. The average Bonchev–Trinajstić information content (AvgIpc) is 3.05. The molecule has 1 atom stereocenters. The first-order valence-electron chi connectivity index (χ1n) is 10.2. The molecule has 0 spiro atoms. The number of hydrogen-bond donors (Lipinski definition) is 1. The van der Waals surface area contributed by atoms with E-state index in [0.29, 0.717) is 55.4 Å². The van der Waals surface area contributed by atoms with E-state index in [1.807, 2.05) is 0 Å². The molecular weight excluding hydrogens is 400 g/mol. The van der Waals surface area contributed by atoms with E-state index in [-0.39, 0.29) is 17.6 Å². The quantitative estimate of drug-likeness (QED) is 0.761. The molecule has 2 aromatic rings. The molecule has 31 heavy (non-hydrogen) atoms. The smallest absolute Gasteiger partial charge is 0.263 e. The van der Waals surface area contributed by atoms with Crippen molar-refractivity contribution in [2.24, 2.45) is 0 Å². The lowest BCUT2D eigenvalue weighted by molar-refractivity contribution is -0.137. The second kappa shape index (κ2) is 10.1. The first kappa shape index (κ1) is 22.3. The van der Waals surface area contributed by atoms with Gasteiger partial charge in [-0.2, -0.15) is 0 Å². The molecule has 0 radical (unpaired) electrons. The molecule has 1 unspecified atom stereocenters. The van der Waals surface area contributed by atoms with Gasteiger partial charge in [-0.1, -0.05) is 0 Å². The summed E-state index contributed by atoms with van der Waals surface area (Å²) in [6, 6.07) is 11.3. The van der Waals surface area contributed by atoms with Gasteiger partial charge in [-0.15, -0.1) is 0 Å². The van der Waals surface area contributed by atoms with Gasteiger partial charge in [0.1, 0.15) is 23.0 Å². The maximum Gasteiger partial charge on any atom is 0.263 e. The molecule has 1 heterocycles. The third-order valence-corrected chi connectivity index (χ3v) is 5.19. The van der Waals surface area contributed by atoms with Crippen LogP contribution in [0.15, 0.2) is 42.5 Å². The normalized spacial score (nSPS) is 15.1. The molecule has 8 nitrogen and oxygen atoms in total. The van der Waals surface area contributed by atoms with Gasteiger partial charge in [-0.3, -0.25) is 9.59 Å². The lowest BCUT2D eigenvalue weighted by Gasteiger charge is -2.25. The van der Waals surface area contributed by atoms with Crippen molar-refractivity contribution in [2.75, 3.05) is 40.4 Å². The van der Waals surface area contributed by atoms with Gasteiger partial charge in [-0.05, 0) is 49.7 Å². The van der Waals surface area contributed by atoms with Crippen molar-refractivity contribution in [3.05, 3.63) is 48.0 Å². The number of amides is 2. The molecule has 1 fully saturated rings. The molecule has 1 saturated heterocycles. The number of carbonyl (C=O) groups excluding carboxylic acids is 2. The average molecular weight is 428 g/mol. The summed E-state index contributed by atoms with van der Waals surface area (Å²) in [6.07, 6.45) is -0.000671. The summed E-state index contributed by atoms with van der Waals surface area (Å²) in [6.45, 7) is 3.65. The SMILES string of the molecule is COc1cc(OC)cc(C(=O)N2CCCN(C(=O)C(C)Oc3ccc(O)cc3)CC2)c1. The highest BCUT2D eigenvalue weighted by molar-refractivity contribution is 5.95. The Morgan fingerprint density at radius 1 is 0.871 bits per heavy atom. The Balaban J connectivity index is 1.62. The van der Waals surface area contributed by atoms with E-state index in [0.717, 1.165) is 0 Å². The van der Waals surface area contributed by atoms with Crippen molar-refractivity contribution in [1.29, 1.82) is 0 Å². The van der Waals surface area contributed by atoms with Gasteiger partial charge in [0.15, 0.2) is 6.10 Å². The second-order valence-electron chi connectivity index (χ2n) is 7.33. The number of methoxy groups -OCH3 is 2. The standard InChI is InChI=1S/C23H28N2O6/c1-16(31-19-7-5-18(26)6-8-19)22(27)24-9-4-10-25(12-11-24)23(28)17-13-20(29-2)15-21(14-17)30-3/h5-8,13-16,26H,4,9-12H2,1-3H3. The summed E-state index contributed by atoms with van der Waals surface area (Å²) in [5, 5.41) is 9.37. The highest BCUT2D eigenvalue weighted by Gasteiger charge is 2.27. The van der Waals surface area contributed by atoms with E-state index >= 15 is 0 Å².